The Bertz CT molecular complexity index is 991. The van der Waals surface area contributed by atoms with Crippen molar-refractivity contribution in [1.82, 2.24) is 4.57 Å². The van der Waals surface area contributed by atoms with Crippen molar-refractivity contribution in [3.63, 3.8) is 0 Å². The molecule has 2 aromatic carbocycles. The Morgan fingerprint density at radius 3 is 2.54 bits per heavy atom. The van der Waals surface area contributed by atoms with Gasteiger partial charge >= 0.3 is 0 Å². The van der Waals surface area contributed by atoms with Crippen molar-refractivity contribution >= 4 is 44.3 Å². The number of halogens is 1. The summed E-state index contributed by atoms with van der Waals surface area (Å²) in [6.45, 7) is 3.03. The number of carbonyl (C=O) groups is 2. The molecule has 1 aromatic heterocycles. The van der Waals surface area contributed by atoms with Crippen LogP contribution in [-0.2, 0) is 16.1 Å². The SMILES string of the molecule is CCCn1cc(C2CC(=O)N(c3ccc(Br)cc3)C2=O)c2ccccc21. The van der Waals surface area contributed by atoms with Crippen LogP contribution in [0.1, 0.15) is 31.2 Å². The minimum atomic E-state index is -0.422. The van der Waals surface area contributed by atoms with Crippen molar-refractivity contribution < 1.29 is 9.59 Å². The normalized spacial score (nSPS) is 17.5. The highest BCUT2D eigenvalue weighted by Gasteiger charge is 2.41. The van der Waals surface area contributed by atoms with E-state index in [1.54, 1.807) is 12.1 Å². The molecule has 26 heavy (non-hydrogen) atoms. The fraction of sp³-hybridized carbons (Fsp3) is 0.238. The van der Waals surface area contributed by atoms with Gasteiger partial charge in [-0.15, -0.1) is 0 Å². The van der Waals surface area contributed by atoms with Crippen LogP contribution in [0, 0.1) is 0 Å². The molecule has 1 aliphatic rings. The largest absolute Gasteiger partial charge is 0.347 e. The van der Waals surface area contributed by atoms with E-state index >= 15 is 0 Å². The first-order valence-electron chi connectivity index (χ1n) is 8.80. The number of nitrogens with zero attached hydrogens (tertiary/aromatic N) is 2. The Morgan fingerprint density at radius 1 is 1.08 bits per heavy atom. The molecule has 1 aliphatic heterocycles. The maximum absolute atomic E-state index is 13.1. The van der Waals surface area contributed by atoms with Gasteiger partial charge in [-0.05, 0) is 42.3 Å². The molecule has 0 spiro atoms. The Kier molecular flexibility index (Phi) is 4.41. The molecule has 0 N–H and O–H groups in total. The number of carbonyl (C=O) groups excluding carboxylic acids is 2. The van der Waals surface area contributed by atoms with E-state index in [0.29, 0.717) is 5.69 Å². The summed E-state index contributed by atoms with van der Waals surface area (Å²) in [6, 6.07) is 15.4. The Balaban J connectivity index is 1.75. The summed E-state index contributed by atoms with van der Waals surface area (Å²) >= 11 is 3.39. The number of anilines is 1. The van der Waals surface area contributed by atoms with Gasteiger partial charge in [0.15, 0.2) is 0 Å². The van der Waals surface area contributed by atoms with Crippen LogP contribution in [0.4, 0.5) is 5.69 Å². The molecule has 0 radical (unpaired) electrons. The van der Waals surface area contributed by atoms with E-state index < -0.39 is 5.92 Å². The zero-order valence-corrected chi connectivity index (χ0v) is 16.1. The fourth-order valence-electron chi connectivity index (χ4n) is 3.72. The predicted octanol–water partition coefficient (Wildman–Crippen LogP) is 4.86. The van der Waals surface area contributed by atoms with E-state index in [9.17, 15) is 9.59 Å². The number of imide groups is 1. The molecule has 4 rings (SSSR count). The molecule has 0 saturated carbocycles. The van der Waals surface area contributed by atoms with Crippen LogP contribution in [0.25, 0.3) is 10.9 Å². The van der Waals surface area contributed by atoms with Crippen molar-refractivity contribution in [3.8, 4) is 0 Å². The Hall–Kier alpha value is -2.40. The third kappa shape index (κ3) is 2.76. The number of para-hydroxylation sites is 1. The summed E-state index contributed by atoms with van der Waals surface area (Å²) in [7, 11) is 0. The molecular weight excluding hydrogens is 392 g/mol. The molecule has 2 heterocycles. The molecule has 0 bridgehead atoms. The van der Waals surface area contributed by atoms with Gasteiger partial charge in [-0.3, -0.25) is 14.5 Å². The zero-order chi connectivity index (χ0) is 18.3. The van der Waals surface area contributed by atoms with Gasteiger partial charge in [0, 0.05) is 34.5 Å². The number of aryl methyl sites for hydroxylation is 1. The number of hydrogen-bond acceptors (Lipinski definition) is 2. The third-order valence-electron chi connectivity index (χ3n) is 4.89. The summed E-state index contributed by atoms with van der Waals surface area (Å²) < 4.78 is 3.10. The summed E-state index contributed by atoms with van der Waals surface area (Å²) in [5.74, 6) is -0.708. The second-order valence-corrected chi connectivity index (χ2v) is 7.51. The Labute approximate surface area is 160 Å². The molecule has 1 saturated heterocycles. The molecule has 4 nitrogen and oxygen atoms in total. The van der Waals surface area contributed by atoms with Crippen molar-refractivity contribution in [1.29, 1.82) is 0 Å². The second kappa shape index (κ2) is 6.72. The van der Waals surface area contributed by atoms with E-state index in [1.165, 1.54) is 4.90 Å². The summed E-state index contributed by atoms with van der Waals surface area (Å²) in [4.78, 5) is 27.0. The maximum Gasteiger partial charge on any atom is 0.241 e. The van der Waals surface area contributed by atoms with E-state index in [-0.39, 0.29) is 18.2 Å². The van der Waals surface area contributed by atoms with Gasteiger partial charge < -0.3 is 4.57 Å². The maximum atomic E-state index is 13.1. The number of amides is 2. The van der Waals surface area contributed by atoms with Crippen LogP contribution in [0.2, 0.25) is 0 Å². The molecule has 5 heteroatoms. The quantitative estimate of drug-likeness (QED) is 0.576. The molecule has 132 valence electrons. The van der Waals surface area contributed by atoms with Gasteiger partial charge in [0.2, 0.25) is 11.8 Å². The van der Waals surface area contributed by atoms with Gasteiger partial charge in [-0.1, -0.05) is 41.1 Å². The minimum Gasteiger partial charge on any atom is -0.347 e. The fourth-order valence-corrected chi connectivity index (χ4v) is 3.98. The molecule has 1 atom stereocenters. The predicted molar refractivity (Wildman–Crippen MR) is 106 cm³/mol. The highest BCUT2D eigenvalue weighted by Crippen LogP contribution is 2.37. The lowest BCUT2D eigenvalue weighted by Crippen LogP contribution is -2.29. The molecular formula is C21H19BrN2O2. The highest BCUT2D eigenvalue weighted by atomic mass is 79.9. The van der Waals surface area contributed by atoms with Crippen LogP contribution in [-0.4, -0.2) is 16.4 Å². The lowest BCUT2D eigenvalue weighted by Gasteiger charge is -2.15. The first-order valence-corrected chi connectivity index (χ1v) is 9.59. The zero-order valence-electron chi connectivity index (χ0n) is 14.5. The van der Waals surface area contributed by atoms with Crippen molar-refractivity contribution in [2.45, 2.75) is 32.2 Å². The molecule has 0 aliphatic carbocycles. The van der Waals surface area contributed by atoms with E-state index in [4.69, 9.17) is 0 Å². The highest BCUT2D eigenvalue weighted by molar-refractivity contribution is 9.10. The topological polar surface area (TPSA) is 42.3 Å². The number of fused-ring (bicyclic) bond motifs is 1. The molecule has 1 unspecified atom stereocenters. The molecule has 2 amide bonds. The van der Waals surface area contributed by atoms with E-state index in [2.05, 4.69) is 39.7 Å². The average molecular weight is 411 g/mol. The van der Waals surface area contributed by atoms with Crippen molar-refractivity contribution in [3.05, 3.63) is 64.8 Å². The van der Waals surface area contributed by atoms with Crippen LogP contribution in [0.15, 0.2) is 59.2 Å². The summed E-state index contributed by atoms with van der Waals surface area (Å²) in [5.41, 5.74) is 2.70. The van der Waals surface area contributed by atoms with Crippen LogP contribution < -0.4 is 4.90 Å². The van der Waals surface area contributed by atoms with Gasteiger partial charge in [-0.25, -0.2) is 0 Å². The second-order valence-electron chi connectivity index (χ2n) is 6.60. The van der Waals surface area contributed by atoms with E-state index in [1.807, 2.05) is 30.3 Å². The number of aromatic nitrogens is 1. The van der Waals surface area contributed by atoms with Crippen LogP contribution in [0.5, 0.6) is 0 Å². The van der Waals surface area contributed by atoms with Crippen molar-refractivity contribution in [2.24, 2.45) is 0 Å². The number of rotatable bonds is 4. The first-order chi connectivity index (χ1) is 12.6. The van der Waals surface area contributed by atoms with Gasteiger partial charge in [0.05, 0.1) is 11.6 Å². The van der Waals surface area contributed by atoms with Gasteiger partial charge in [-0.2, -0.15) is 0 Å². The number of benzene rings is 2. The number of hydrogen-bond donors (Lipinski definition) is 0. The minimum absolute atomic E-state index is 0.142. The van der Waals surface area contributed by atoms with Gasteiger partial charge in [0.25, 0.3) is 0 Å². The lowest BCUT2D eigenvalue weighted by molar-refractivity contribution is -0.121. The third-order valence-corrected chi connectivity index (χ3v) is 5.42. The van der Waals surface area contributed by atoms with Crippen LogP contribution >= 0.6 is 15.9 Å². The monoisotopic (exact) mass is 410 g/mol. The summed E-state index contributed by atoms with van der Waals surface area (Å²) in [6.07, 6.45) is 3.28. The van der Waals surface area contributed by atoms with Crippen molar-refractivity contribution in [2.75, 3.05) is 4.90 Å². The van der Waals surface area contributed by atoms with Gasteiger partial charge in [0.1, 0.15) is 0 Å². The lowest BCUT2D eigenvalue weighted by atomic mass is 9.97. The first kappa shape index (κ1) is 17.0. The van der Waals surface area contributed by atoms with E-state index in [0.717, 1.165) is 33.9 Å². The molecule has 1 fully saturated rings. The Morgan fingerprint density at radius 2 is 1.81 bits per heavy atom. The van der Waals surface area contributed by atoms with Crippen LogP contribution in [0.3, 0.4) is 0 Å². The average Bonchev–Trinajstić information content (AvgIpc) is 3.14. The standard InChI is InChI=1S/C21H19BrN2O2/c1-2-11-23-13-18(16-5-3-4-6-19(16)23)17-12-20(25)24(21(17)26)15-9-7-14(22)8-10-15/h3-10,13,17H,2,11-12H2,1H3. The summed E-state index contributed by atoms with van der Waals surface area (Å²) in [5, 5.41) is 1.06. The molecule has 3 aromatic rings. The smallest absolute Gasteiger partial charge is 0.241 e.